The molecule has 1 aliphatic rings. The summed E-state index contributed by atoms with van der Waals surface area (Å²) >= 11 is 5.02. The van der Waals surface area contributed by atoms with Crippen molar-refractivity contribution in [2.45, 2.75) is 12.5 Å². The Kier molecular flexibility index (Phi) is 3.68. The average molecular weight is 429 g/mol. The minimum atomic E-state index is -0.388. The number of halogens is 1. The minimum absolute atomic E-state index is 0.0569. The maximum atomic E-state index is 13.1. The van der Waals surface area contributed by atoms with Crippen LogP contribution >= 0.6 is 27.3 Å². The van der Waals surface area contributed by atoms with E-state index in [0.29, 0.717) is 17.2 Å². The summed E-state index contributed by atoms with van der Waals surface area (Å²) in [6.45, 7) is 0.583. The number of aromatic amines is 1. The molecule has 0 saturated carbocycles. The molecule has 1 amide bonds. The van der Waals surface area contributed by atoms with Crippen LogP contribution in [0.5, 0.6) is 0 Å². The average Bonchev–Trinajstić information content (AvgIpc) is 3.41. The number of carbonyl (C=O) groups excluding carboxylic acids is 1. The Labute approximate surface area is 161 Å². The summed E-state index contributed by atoms with van der Waals surface area (Å²) in [5.74, 6) is 0.635. The Balaban J connectivity index is 1.69. The highest BCUT2D eigenvalue weighted by Gasteiger charge is 2.38. The van der Waals surface area contributed by atoms with E-state index in [1.165, 1.54) is 11.3 Å². The van der Waals surface area contributed by atoms with Crippen molar-refractivity contribution in [2.24, 2.45) is 0 Å². The van der Waals surface area contributed by atoms with Gasteiger partial charge >= 0.3 is 0 Å². The van der Waals surface area contributed by atoms with Crippen LogP contribution in [-0.4, -0.2) is 32.3 Å². The van der Waals surface area contributed by atoms with Crippen LogP contribution in [0.25, 0.3) is 11.0 Å². The molecule has 0 fully saturated rings. The second-order valence-corrected chi connectivity index (χ2v) is 7.74. The predicted octanol–water partition coefficient (Wildman–Crippen LogP) is 4.16. The number of rotatable bonds is 2. The highest BCUT2D eigenvalue weighted by molar-refractivity contribution is 9.10. The molecule has 3 aromatic heterocycles. The Morgan fingerprint density at radius 3 is 3.08 bits per heavy atom. The van der Waals surface area contributed by atoms with Crippen molar-refractivity contribution in [3.63, 3.8) is 0 Å². The molecule has 5 rings (SSSR count). The zero-order valence-corrected chi connectivity index (χ0v) is 15.9. The number of aromatic nitrogens is 3. The van der Waals surface area contributed by atoms with Crippen molar-refractivity contribution < 1.29 is 9.21 Å². The van der Waals surface area contributed by atoms with Gasteiger partial charge in [-0.1, -0.05) is 12.1 Å². The SMILES string of the molecule is O=C(c1cncs1)N1CCc2[nH]cnc2[C@H]1c1oc2ccccc2c1Br. The van der Waals surface area contributed by atoms with Gasteiger partial charge in [0, 0.05) is 24.0 Å². The first-order valence-electron chi connectivity index (χ1n) is 8.12. The highest BCUT2D eigenvalue weighted by Crippen LogP contribution is 2.42. The van der Waals surface area contributed by atoms with Crippen molar-refractivity contribution in [1.82, 2.24) is 19.9 Å². The third-order valence-corrected chi connectivity index (χ3v) is 6.22. The van der Waals surface area contributed by atoms with E-state index in [0.717, 1.165) is 33.3 Å². The summed E-state index contributed by atoms with van der Waals surface area (Å²) in [7, 11) is 0. The van der Waals surface area contributed by atoms with E-state index in [-0.39, 0.29) is 11.9 Å². The predicted molar refractivity (Wildman–Crippen MR) is 101 cm³/mol. The molecule has 8 heteroatoms. The Morgan fingerprint density at radius 2 is 2.27 bits per heavy atom. The number of nitrogens with one attached hydrogen (secondary N) is 1. The van der Waals surface area contributed by atoms with E-state index < -0.39 is 0 Å². The number of amides is 1. The molecule has 0 aliphatic carbocycles. The van der Waals surface area contributed by atoms with Crippen LogP contribution in [0.15, 0.2) is 51.2 Å². The number of nitrogens with zero attached hydrogens (tertiary/aromatic N) is 3. The molecule has 0 saturated heterocycles. The third-order valence-electron chi connectivity index (χ3n) is 4.64. The summed E-state index contributed by atoms with van der Waals surface area (Å²) in [5.41, 5.74) is 4.32. The number of fused-ring (bicyclic) bond motifs is 2. The van der Waals surface area contributed by atoms with Crippen molar-refractivity contribution in [3.05, 3.63) is 68.8 Å². The molecule has 0 radical (unpaired) electrons. The summed E-state index contributed by atoms with van der Waals surface area (Å²) in [5, 5.41) is 0.982. The van der Waals surface area contributed by atoms with Crippen LogP contribution in [0.2, 0.25) is 0 Å². The van der Waals surface area contributed by atoms with Gasteiger partial charge in [-0.15, -0.1) is 11.3 Å². The molecule has 1 aromatic carbocycles. The quantitative estimate of drug-likeness (QED) is 0.519. The molecule has 1 N–H and O–H groups in total. The molecule has 6 nitrogen and oxygen atoms in total. The van der Waals surface area contributed by atoms with E-state index in [2.05, 4.69) is 30.9 Å². The van der Waals surface area contributed by atoms with Crippen LogP contribution in [-0.2, 0) is 6.42 Å². The summed E-state index contributed by atoms with van der Waals surface area (Å²) < 4.78 is 7.01. The fraction of sp³-hybridized carbons (Fsp3) is 0.167. The van der Waals surface area contributed by atoms with Gasteiger partial charge in [0.1, 0.15) is 22.3 Å². The van der Waals surface area contributed by atoms with E-state index in [4.69, 9.17) is 4.42 Å². The highest BCUT2D eigenvalue weighted by atomic mass is 79.9. The van der Waals surface area contributed by atoms with Crippen LogP contribution in [0.1, 0.15) is 32.9 Å². The standard InChI is InChI=1S/C18H13BrN4O2S/c19-14-10-3-1-2-4-12(10)25-17(14)16-15-11(21-8-22-15)5-6-23(16)18(24)13-7-20-9-26-13/h1-4,7-9,16H,5-6H2,(H,21,22)/t16-/m0/s1. The van der Waals surface area contributed by atoms with Gasteiger partial charge < -0.3 is 14.3 Å². The Bertz CT molecular complexity index is 1100. The molecule has 4 aromatic rings. The summed E-state index contributed by atoms with van der Waals surface area (Å²) in [4.78, 5) is 27.3. The maximum absolute atomic E-state index is 13.1. The van der Waals surface area contributed by atoms with Crippen molar-refractivity contribution >= 4 is 44.1 Å². The summed E-state index contributed by atoms with van der Waals surface area (Å²) in [6.07, 6.45) is 4.01. The summed E-state index contributed by atoms with van der Waals surface area (Å²) in [6, 6.07) is 7.43. The van der Waals surface area contributed by atoms with E-state index >= 15 is 0 Å². The number of furan rings is 1. The Morgan fingerprint density at radius 1 is 1.38 bits per heavy atom. The number of carbonyl (C=O) groups is 1. The molecule has 0 unspecified atom stereocenters. The molecule has 1 aliphatic heterocycles. The van der Waals surface area contributed by atoms with E-state index in [9.17, 15) is 4.79 Å². The van der Waals surface area contributed by atoms with E-state index in [1.54, 1.807) is 18.0 Å². The fourth-order valence-corrected chi connectivity index (χ4v) is 4.63. The van der Waals surface area contributed by atoms with Crippen LogP contribution in [0.3, 0.4) is 0 Å². The largest absolute Gasteiger partial charge is 0.457 e. The van der Waals surface area contributed by atoms with Gasteiger partial charge in [0.25, 0.3) is 5.91 Å². The van der Waals surface area contributed by atoms with Gasteiger partial charge in [0.05, 0.1) is 28.2 Å². The topological polar surface area (TPSA) is 75.0 Å². The normalized spacial score (nSPS) is 16.8. The second-order valence-electron chi connectivity index (χ2n) is 6.06. The van der Waals surface area contributed by atoms with E-state index in [1.807, 2.05) is 29.2 Å². The number of hydrogen-bond donors (Lipinski definition) is 1. The minimum Gasteiger partial charge on any atom is -0.457 e. The maximum Gasteiger partial charge on any atom is 0.266 e. The molecular formula is C18H13BrN4O2S. The Hall–Kier alpha value is -2.45. The lowest BCUT2D eigenvalue weighted by Gasteiger charge is -2.33. The number of thiazole rings is 1. The van der Waals surface area contributed by atoms with Gasteiger partial charge in [0.2, 0.25) is 0 Å². The number of hydrogen-bond acceptors (Lipinski definition) is 5. The van der Waals surface area contributed by atoms with Crippen molar-refractivity contribution in [1.29, 1.82) is 0 Å². The molecule has 0 bridgehead atoms. The van der Waals surface area contributed by atoms with Gasteiger partial charge in [-0.05, 0) is 28.1 Å². The lowest BCUT2D eigenvalue weighted by Crippen LogP contribution is -2.40. The number of para-hydroxylation sites is 1. The van der Waals surface area contributed by atoms with Crippen molar-refractivity contribution in [3.8, 4) is 0 Å². The number of imidazole rings is 1. The first-order valence-corrected chi connectivity index (χ1v) is 9.80. The zero-order chi connectivity index (χ0) is 17.7. The zero-order valence-electron chi connectivity index (χ0n) is 13.5. The first-order chi connectivity index (χ1) is 12.7. The van der Waals surface area contributed by atoms with Gasteiger partial charge in [-0.3, -0.25) is 9.78 Å². The molecule has 4 heterocycles. The fourth-order valence-electron chi connectivity index (χ4n) is 3.43. The third kappa shape index (κ3) is 2.33. The lowest BCUT2D eigenvalue weighted by molar-refractivity contribution is 0.0677. The molecule has 26 heavy (non-hydrogen) atoms. The van der Waals surface area contributed by atoms with Gasteiger partial charge in [-0.25, -0.2) is 4.98 Å². The first kappa shape index (κ1) is 15.8. The molecule has 1 atom stereocenters. The number of benzene rings is 1. The van der Waals surface area contributed by atoms with Crippen LogP contribution in [0, 0.1) is 0 Å². The molecular weight excluding hydrogens is 416 g/mol. The smallest absolute Gasteiger partial charge is 0.266 e. The molecule has 130 valence electrons. The molecule has 0 spiro atoms. The van der Waals surface area contributed by atoms with Crippen LogP contribution in [0.4, 0.5) is 0 Å². The van der Waals surface area contributed by atoms with Crippen LogP contribution < -0.4 is 0 Å². The van der Waals surface area contributed by atoms with Gasteiger partial charge in [-0.2, -0.15) is 0 Å². The van der Waals surface area contributed by atoms with Crippen molar-refractivity contribution in [2.75, 3.05) is 6.54 Å². The lowest BCUT2D eigenvalue weighted by atomic mass is 10.00. The second kappa shape index (κ2) is 6.07. The monoisotopic (exact) mass is 428 g/mol. The number of H-pyrrole nitrogens is 1. The van der Waals surface area contributed by atoms with Gasteiger partial charge in [0.15, 0.2) is 0 Å².